The van der Waals surface area contributed by atoms with Crippen LogP contribution in [0.5, 0.6) is 0 Å². The highest BCUT2D eigenvalue weighted by Gasteiger charge is 2.65. The molecule has 0 aromatic rings. The fraction of sp³-hybridized carbons (Fsp3) is 0.842. The Kier molecular flexibility index (Phi) is 3.71. The molecule has 0 spiro atoms. The third-order valence-corrected chi connectivity index (χ3v) is 6.49. The molecule has 0 saturated heterocycles. The maximum Gasteiger partial charge on any atom is 0.229 e. The van der Waals surface area contributed by atoms with Crippen LogP contribution in [0.1, 0.15) is 65.7 Å². The number of hydrogen-bond acceptors (Lipinski definition) is 2. The first kappa shape index (κ1) is 16.0. The van der Waals surface area contributed by atoms with Gasteiger partial charge in [-0.25, -0.2) is 0 Å². The fourth-order valence-electron chi connectivity index (χ4n) is 6.21. The maximum atomic E-state index is 13.3. The molecule has 4 unspecified atom stereocenters. The molecule has 1 amide bonds. The lowest BCUT2D eigenvalue weighted by atomic mass is 9.42. The Bertz CT molecular complexity index is 502. The van der Waals surface area contributed by atoms with Crippen molar-refractivity contribution in [3.63, 3.8) is 0 Å². The van der Waals surface area contributed by atoms with E-state index in [0.717, 1.165) is 44.2 Å². The molecular formula is C19H31NO2. The number of carbonyl (C=O) groups is 1. The summed E-state index contributed by atoms with van der Waals surface area (Å²) in [5.41, 5.74) is 0.333. The molecule has 1 N–H and O–H groups in total. The van der Waals surface area contributed by atoms with E-state index in [2.05, 4.69) is 13.5 Å². The topological polar surface area (TPSA) is 40.5 Å². The zero-order valence-electron chi connectivity index (χ0n) is 14.5. The minimum atomic E-state index is -0.590. The monoisotopic (exact) mass is 305 g/mol. The van der Waals surface area contributed by atoms with Gasteiger partial charge in [-0.05, 0) is 63.7 Å². The molecule has 4 aliphatic rings. The van der Waals surface area contributed by atoms with Crippen molar-refractivity contribution in [3.05, 3.63) is 12.2 Å². The van der Waals surface area contributed by atoms with Crippen molar-refractivity contribution in [3.8, 4) is 0 Å². The van der Waals surface area contributed by atoms with Gasteiger partial charge in [-0.1, -0.05) is 25.5 Å². The number of hydrogen-bond donors (Lipinski definition) is 1. The van der Waals surface area contributed by atoms with E-state index in [1.165, 1.54) is 6.42 Å². The van der Waals surface area contributed by atoms with Gasteiger partial charge < -0.3 is 10.0 Å². The van der Waals surface area contributed by atoms with Crippen LogP contribution in [0.3, 0.4) is 0 Å². The highest BCUT2D eigenvalue weighted by atomic mass is 16.3. The molecule has 0 heterocycles. The van der Waals surface area contributed by atoms with Crippen LogP contribution in [0.25, 0.3) is 0 Å². The lowest BCUT2D eigenvalue weighted by Gasteiger charge is -2.64. The lowest BCUT2D eigenvalue weighted by Crippen LogP contribution is -2.64. The van der Waals surface area contributed by atoms with Crippen LogP contribution in [0.15, 0.2) is 12.2 Å². The molecule has 4 atom stereocenters. The molecule has 22 heavy (non-hydrogen) atoms. The Morgan fingerprint density at radius 1 is 1.23 bits per heavy atom. The van der Waals surface area contributed by atoms with Crippen LogP contribution in [-0.4, -0.2) is 34.6 Å². The van der Waals surface area contributed by atoms with Crippen molar-refractivity contribution in [1.82, 2.24) is 4.90 Å². The second-order valence-corrected chi connectivity index (χ2v) is 8.64. The van der Waals surface area contributed by atoms with Gasteiger partial charge in [-0.2, -0.15) is 0 Å². The van der Waals surface area contributed by atoms with Crippen LogP contribution in [0, 0.1) is 16.7 Å². The number of carbonyl (C=O) groups excluding carboxylic acids is 1. The van der Waals surface area contributed by atoms with E-state index in [1.807, 2.05) is 18.7 Å². The van der Waals surface area contributed by atoms with Gasteiger partial charge in [0, 0.05) is 13.1 Å². The third-order valence-electron chi connectivity index (χ3n) is 6.49. The Hall–Kier alpha value is -0.830. The standard InChI is InChI=1S/C19H31NO2/c1-5-17-7-15-8-18(11-17,13-19(22,9-15)12-17)16(21)20(6-2)10-14(3)4/h15,22H,3,5-13H2,1-2,4H3. The average molecular weight is 305 g/mol. The summed E-state index contributed by atoms with van der Waals surface area (Å²) < 4.78 is 0. The first-order valence-corrected chi connectivity index (χ1v) is 8.92. The molecular weight excluding hydrogens is 274 g/mol. The van der Waals surface area contributed by atoms with Gasteiger partial charge in [0.15, 0.2) is 0 Å². The lowest BCUT2D eigenvalue weighted by molar-refractivity contribution is -0.209. The van der Waals surface area contributed by atoms with Crippen molar-refractivity contribution in [2.24, 2.45) is 16.7 Å². The summed E-state index contributed by atoms with van der Waals surface area (Å²) in [5.74, 6) is 0.812. The van der Waals surface area contributed by atoms with Gasteiger partial charge in [0.2, 0.25) is 5.91 Å². The minimum absolute atomic E-state index is 0.201. The zero-order chi connectivity index (χ0) is 16.2. The summed E-state index contributed by atoms with van der Waals surface area (Å²) in [6.07, 6.45) is 6.79. The molecule has 4 rings (SSSR count). The molecule has 0 radical (unpaired) electrons. The zero-order valence-corrected chi connectivity index (χ0v) is 14.5. The normalized spacial score (nSPS) is 42.5. The number of amides is 1. The fourth-order valence-corrected chi connectivity index (χ4v) is 6.21. The highest BCUT2D eigenvalue weighted by molar-refractivity contribution is 5.84. The van der Waals surface area contributed by atoms with Gasteiger partial charge >= 0.3 is 0 Å². The number of nitrogens with zero attached hydrogens (tertiary/aromatic N) is 1. The molecule has 0 aromatic carbocycles. The van der Waals surface area contributed by atoms with E-state index >= 15 is 0 Å². The van der Waals surface area contributed by atoms with Crippen molar-refractivity contribution >= 4 is 5.91 Å². The van der Waals surface area contributed by atoms with Crippen LogP contribution in [0.2, 0.25) is 0 Å². The van der Waals surface area contributed by atoms with E-state index in [9.17, 15) is 9.90 Å². The Balaban J connectivity index is 1.92. The van der Waals surface area contributed by atoms with E-state index < -0.39 is 5.60 Å². The van der Waals surface area contributed by atoms with E-state index in [1.54, 1.807) is 0 Å². The number of aliphatic hydroxyl groups is 1. The predicted molar refractivity (Wildman–Crippen MR) is 88.4 cm³/mol. The third kappa shape index (κ3) is 2.42. The summed E-state index contributed by atoms with van der Waals surface area (Å²) in [5, 5.41) is 11.1. The van der Waals surface area contributed by atoms with Crippen molar-refractivity contribution < 1.29 is 9.90 Å². The van der Waals surface area contributed by atoms with Gasteiger partial charge in [0.05, 0.1) is 11.0 Å². The first-order valence-electron chi connectivity index (χ1n) is 8.92. The molecule has 3 heteroatoms. The molecule has 4 fully saturated rings. The summed E-state index contributed by atoms with van der Waals surface area (Å²) in [7, 11) is 0. The van der Waals surface area contributed by atoms with Gasteiger partial charge in [-0.15, -0.1) is 0 Å². The Morgan fingerprint density at radius 3 is 2.50 bits per heavy atom. The average Bonchev–Trinajstić information content (AvgIpc) is 2.41. The summed E-state index contributed by atoms with van der Waals surface area (Å²) in [6, 6.07) is 0. The smallest absolute Gasteiger partial charge is 0.229 e. The van der Waals surface area contributed by atoms with Crippen LogP contribution in [-0.2, 0) is 4.79 Å². The maximum absolute atomic E-state index is 13.3. The molecule has 4 bridgehead atoms. The Labute approximate surface area is 134 Å². The number of likely N-dealkylation sites (N-methyl/N-ethyl adjacent to an activating group) is 1. The van der Waals surface area contributed by atoms with E-state index in [-0.39, 0.29) is 16.7 Å². The summed E-state index contributed by atoms with van der Waals surface area (Å²) in [6.45, 7) is 11.6. The largest absolute Gasteiger partial charge is 0.390 e. The van der Waals surface area contributed by atoms with Gasteiger partial charge in [0.1, 0.15) is 0 Å². The SMILES string of the molecule is C=C(C)CN(CC)C(=O)C12CC3CC(O)(CC(CC)(C3)C1)C2. The van der Waals surface area contributed by atoms with Crippen molar-refractivity contribution in [2.45, 2.75) is 71.3 Å². The van der Waals surface area contributed by atoms with Gasteiger partial charge in [0.25, 0.3) is 0 Å². The van der Waals surface area contributed by atoms with Crippen LogP contribution >= 0.6 is 0 Å². The van der Waals surface area contributed by atoms with E-state index in [4.69, 9.17) is 0 Å². The molecule has 0 aromatic heterocycles. The molecule has 4 saturated carbocycles. The van der Waals surface area contributed by atoms with Crippen molar-refractivity contribution in [2.75, 3.05) is 13.1 Å². The molecule has 3 nitrogen and oxygen atoms in total. The molecule has 4 aliphatic carbocycles. The minimum Gasteiger partial charge on any atom is -0.390 e. The van der Waals surface area contributed by atoms with Crippen LogP contribution < -0.4 is 0 Å². The van der Waals surface area contributed by atoms with Gasteiger partial charge in [-0.3, -0.25) is 4.79 Å². The second kappa shape index (κ2) is 5.09. The first-order chi connectivity index (χ1) is 10.3. The van der Waals surface area contributed by atoms with E-state index in [0.29, 0.717) is 18.9 Å². The summed E-state index contributed by atoms with van der Waals surface area (Å²) in [4.78, 5) is 15.3. The summed E-state index contributed by atoms with van der Waals surface area (Å²) >= 11 is 0. The van der Waals surface area contributed by atoms with Crippen LogP contribution in [0.4, 0.5) is 0 Å². The second-order valence-electron chi connectivity index (χ2n) is 8.64. The Morgan fingerprint density at radius 2 is 1.95 bits per heavy atom. The molecule has 124 valence electrons. The quantitative estimate of drug-likeness (QED) is 0.790. The molecule has 0 aliphatic heterocycles. The predicted octanol–water partition coefficient (Wildman–Crippen LogP) is 3.52. The number of rotatable bonds is 5. The van der Waals surface area contributed by atoms with Crippen molar-refractivity contribution in [1.29, 1.82) is 0 Å². The highest BCUT2D eigenvalue weighted by Crippen LogP contribution is 2.67.